The van der Waals surface area contributed by atoms with Crippen molar-refractivity contribution in [1.82, 2.24) is 4.98 Å². The van der Waals surface area contributed by atoms with Gasteiger partial charge in [0.25, 0.3) is 5.78 Å². The fraction of sp³-hybridized carbons (Fsp3) is 0.0417. The first-order chi connectivity index (χ1) is 15.8. The van der Waals surface area contributed by atoms with Crippen molar-refractivity contribution < 1.29 is 27.9 Å². The molecule has 1 aliphatic rings. The van der Waals surface area contributed by atoms with Gasteiger partial charge in [-0.25, -0.2) is 18.2 Å². The number of rotatable bonds is 3. The molecule has 164 valence electrons. The molecule has 33 heavy (non-hydrogen) atoms. The Labute approximate surface area is 189 Å². The molecule has 0 bridgehead atoms. The van der Waals surface area contributed by atoms with Crippen LogP contribution in [0, 0.1) is 17.5 Å². The van der Waals surface area contributed by atoms with E-state index in [9.17, 15) is 27.9 Å². The average molecular weight is 466 g/mol. The van der Waals surface area contributed by atoms with Crippen molar-refractivity contribution in [3.63, 3.8) is 0 Å². The van der Waals surface area contributed by atoms with Gasteiger partial charge in [-0.2, -0.15) is 0 Å². The van der Waals surface area contributed by atoms with E-state index < -0.39 is 40.9 Å². The van der Waals surface area contributed by atoms with Crippen LogP contribution in [0.15, 0.2) is 72.3 Å². The number of anilines is 1. The van der Waals surface area contributed by atoms with E-state index in [-0.39, 0.29) is 21.8 Å². The molecule has 1 amide bonds. The van der Waals surface area contributed by atoms with Gasteiger partial charge >= 0.3 is 5.91 Å². The third-order valence-electron chi connectivity index (χ3n) is 5.31. The van der Waals surface area contributed by atoms with E-state index in [4.69, 9.17) is 0 Å². The van der Waals surface area contributed by atoms with Crippen LogP contribution in [0.5, 0.6) is 0 Å². The Kier molecular flexibility index (Phi) is 4.98. The van der Waals surface area contributed by atoms with Gasteiger partial charge in [0, 0.05) is 11.1 Å². The minimum atomic E-state index is -1.33. The van der Waals surface area contributed by atoms with Gasteiger partial charge in [-0.3, -0.25) is 14.5 Å². The molecular weight excluding hydrogens is 453 g/mol. The summed E-state index contributed by atoms with van der Waals surface area (Å²) in [4.78, 5) is 31.5. The van der Waals surface area contributed by atoms with Gasteiger partial charge in [0.05, 0.1) is 15.8 Å². The molecule has 1 aromatic heterocycles. The number of carbonyl (C=O) groups excluding carboxylic acids is 2. The van der Waals surface area contributed by atoms with Crippen molar-refractivity contribution in [2.24, 2.45) is 0 Å². The van der Waals surface area contributed by atoms with Crippen molar-refractivity contribution in [2.75, 3.05) is 4.90 Å². The normalized spacial score (nSPS) is 17.8. The molecule has 5 rings (SSSR count). The first kappa shape index (κ1) is 20.9. The SMILES string of the molecule is O=C1C(=O)N(c2nc3ccc(F)cc3s2)[C@H](c2ccccc2F)C1=C(O)c1ccc(F)cc1. The Morgan fingerprint density at radius 1 is 0.939 bits per heavy atom. The zero-order valence-corrected chi connectivity index (χ0v) is 17.4. The standard InChI is InChI=1S/C24H13F3N2O3S/c25-13-7-5-12(6-8-13)21(30)19-20(15-3-1-2-4-16(15)27)29(23(32)22(19)31)24-28-17-10-9-14(26)11-18(17)33-24/h1-11,20,30H/t20-/m1/s1. The molecule has 0 unspecified atom stereocenters. The summed E-state index contributed by atoms with van der Waals surface area (Å²) in [6.45, 7) is 0. The van der Waals surface area contributed by atoms with E-state index in [1.54, 1.807) is 0 Å². The summed E-state index contributed by atoms with van der Waals surface area (Å²) in [5, 5.41) is 11.0. The fourth-order valence-corrected chi connectivity index (χ4v) is 4.79. The molecule has 4 aromatic rings. The Morgan fingerprint density at radius 3 is 2.36 bits per heavy atom. The molecule has 1 saturated heterocycles. The minimum absolute atomic E-state index is 0.0363. The number of Topliss-reactive ketones (excluding diaryl/α,β-unsaturated/α-hetero) is 1. The fourth-order valence-electron chi connectivity index (χ4n) is 3.77. The minimum Gasteiger partial charge on any atom is -0.507 e. The third kappa shape index (κ3) is 3.46. The van der Waals surface area contributed by atoms with Crippen LogP contribution < -0.4 is 4.90 Å². The predicted molar refractivity (Wildman–Crippen MR) is 117 cm³/mol. The molecule has 3 aromatic carbocycles. The van der Waals surface area contributed by atoms with Crippen LogP contribution in [0.2, 0.25) is 0 Å². The maximum atomic E-state index is 14.9. The predicted octanol–water partition coefficient (Wildman–Crippen LogP) is 5.34. The third-order valence-corrected chi connectivity index (χ3v) is 6.32. The number of thiazole rings is 1. The van der Waals surface area contributed by atoms with E-state index >= 15 is 0 Å². The highest BCUT2D eigenvalue weighted by atomic mass is 32.1. The zero-order chi connectivity index (χ0) is 23.3. The van der Waals surface area contributed by atoms with Crippen molar-refractivity contribution in [3.05, 3.63) is 101 Å². The summed E-state index contributed by atoms with van der Waals surface area (Å²) >= 11 is 0.956. The molecule has 1 atom stereocenters. The molecule has 0 spiro atoms. The number of nitrogens with zero attached hydrogens (tertiary/aromatic N) is 2. The number of aromatic nitrogens is 1. The highest BCUT2D eigenvalue weighted by Gasteiger charge is 2.49. The van der Waals surface area contributed by atoms with Gasteiger partial charge in [0.1, 0.15) is 29.3 Å². The van der Waals surface area contributed by atoms with Crippen LogP contribution in [-0.2, 0) is 9.59 Å². The van der Waals surface area contributed by atoms with Gasteiger partial charge in [-0.05, 0) is 48.5 Å². The largest absolute Gasteiger partial charge is 0.507 e. The van der Waals surface area contributed by atoms with Gasteiger partial charge in [-0.15, -0.1) is 0 Å². The van der Waals surface area contributed by atoms with Gasteiger partial charge in [0.2, 0.25) is 0 Å². The number of benzene rings is 3. The van der Waals surface area contributed by atoms with Crippen molar-refractivity contribution in [2.45, 2.75) is 6.04 Å². The van der Waals surface area contributed by atoms with E-state index in [0.717, 1.165) is 28.4 Å². The second-order valence-electron chi connectivity index (χ2n) is 7.31. The molecule has 0 aliphatic carbocycles. The van der Waals surface area contributed by atoms with Crippen LogP contribution in [0.25, 0.3) is 16.0 Å². The quantitative estimate of drug-likeness (QED) is 0.251. The lowest BCUT2D eigenvalue weighted by atomic mass is 9.95. The maximum Gasteiger partial charge on any atom is 0.301 e. The lowest BCUT2D eigenvalue weighted by Crippen LogP contribution is -2.29. The van der Waals surface area contributed by atoms with E-state index in [0.29, 0.717) is 10.2 Å². The van der Waals surface area contributed by atoms with E-state index in [2.05, 4.69) is 4.98 Å². The second-order valence-corrected chi connectivity index (χ2v) is 8.32. The number of halogens is 3. The molecule has 1 fully saturated rings. The Morgan fingerprint density at radius 2 is 1.64 bits per heavy atom. The first-order valence-corrected chi connectivity index (χ1v) is 10.5. The Balaban J connectivity index is 1.75. The number of amides is 1. The molecule has 5 nitrogen and oxygen atoms in total. The van der Waals surface area contributed by atoms with E-state index in [1.807, 2.05) is 0 Å². The van der Waals surface area contributed by atoms with Crippen LogP contribution in [0.3, 0.4) is 0 Å². The zero-order valence-electron chi connectivity index (χ0n) is 16.6. The smallest absolute Gasteiger partial charge is 0.301 e. The number of hydrogen-bond donors (Lipinski definition) is 1. The highest BCUT2D eigenvalue weighted by Crippen LogP contribution is 2.44. The summed E-state index contributed by atoms with van der Waals surface area (Å²) in [6.07, 6.45) is 0. The molecular formula is C24H13F3N2O3S. The number of aliphatic hydroxyl groups excluding tert-OH is 1. The van der Waals surface area contributed by atoms with Crippen molar-refractivity contribution in [1.29, 1.82) is 0 Å². The number of fused-ring (bicyclic) bond motifs is 1. The number of ketones is 1. The molecule has 0 radical (unpaired) electrons. The van der Waals surface area contributed by atoms with E-state index in [1.165, 1.54) is 54.6 Å². The topological polar surface area (TPSA) is 70.5 Å². The molecule has 9 heteroatoms. The Bertz CT molecular complexity index is 1460. The maximum absolute atomic E-state index is 14.9. The summed E-state index contributed by atoms with van der Waals surface area (Å²) in [5.74, 6) is -4.40. The van der Waals surface area contributed by atoms with Gasteiger partial charge < -0.3 is 5.11 Å². The van der Waals surface area contributed by atoms with Gasteiger partial charge in [0.15, 0.2) is 5.13 Å². The lowest BCUT2D eigenvalue weighted by Gasteiger charge is -2.23. The van der Waals surface area contributed by atoms with Crippen LogP contribution in [0.1, 0.15) is 17.2 Å². The summed E-state index contributed by atoms with van der Waals surface area (Å²) in [6, 6.07) is 12.8. The number of carbonyl (C=O) groups is 2. The second kappa shape index (κ2) is 7.86. The molecule has 1 aliphatic heterocycles. The van der Waals surface area contributed by atoms with Crippen LogP contribution in [0.4, 0.5) is 18.3 Å². The van der Waals surface area contributed by atoms with Crippen LogP contribution >= 0.6 is 11.3 Å². The van der Waals surface area contributed by atoms with Gasteiger partial charge in [-0.1, -0.05) is 29.5 Å². The molecule has 1 N–H and O–H groups in total. The monoisotopic (exact) mass is 466 g/mol. The van der Waals surface area contributed by atoms with Crippen LogP contribution in [-0.4, -0.2) is 21.8 Å². The Hall–Kier alpha value is -3.98. The van der Waals surface area contributed by atoms with Crippen molar-refractivity contribution >= 4 is 44.1 Å². The first-order valence-electron chi connectivity index (χ1n) is 9.72. The summed E-state index contributed by atoms with van der Waals surface area (Å²) in [7, 11) is 0. The summed E-state index contributed by atoms with van der Waals surface area (Å²) < 4.78 is 42.3. The highest BCUT2D eigenvalue weighted by molar-refractivity contribution is 7.22. The number of hydrogen-bond acceptors (Lipinski definition) is 5. The summed E-state index contributed by atoms with van der Waals surface area (Å²) in [5.41, 5.74) is 0.0826. The number of aliphatic hydroxyl groups is 1. The lowest BCUT2D eigenvalue weighted by molar-refractivity contribution is -0.132. The molecule has 0 saturated carbocycles. The average Bonchev–Trinajstić information content (AvgIpc) is 3.32. The van der Waals surface area contributed by atoms with Crippen molar-refractivity contribution in [3.8, 4) is 0 Å². The molecule has 2 heterocycles.